The lowest BCUT2D eigenvalue weighted by Gasteiger charge is -2.64. The van der Waals surface area contributed by atoms with Gasteiger partial charge in [-0.25, -0.2) is 0 Å². The minimum absolute atomic E-state index is 0.0176. The largest absolute Gasteiger partial charge is 0.460 e. The van der Waals surface area contributed by atoms with Crippen molar-refractivity contribution in [3.05, 3.63) is 35.2 Å². The molecular formula is C55H90O33. The van der Waals surface area contributed by atoms with Crippen molar-refractivity contribution in [2.45, 2.75) is 232 Å². The molecule has 0 aromatic heterocycles. The Balaban J connectivity index is 1.22. The number of fused-ring (bicyclic) bond motifs is 3. The first-order valence-corrected chi connectivity index (χ1v) is 29.3. The summed E-state index contributed by atoms with van der Waals surface area (Å²) in [4.78, 5) is 15.1. The molecule has 30 atom stereocenters. The lowest BCUT2D eigenvalue weighted by Crippen LogP contribution is -2.60. The molecule has 7 rings (SSSR count). The predicted octanol–water partition coefficient (Wildman–Crippen LogP) is -8.69. The number of esters is 1. The lowest BCUT2D eigenvalue weighted by atomic mass is 9.40. The van der Waals surface area contributed by atoms with E-state index in [1.807, 2.05) is 13.8 Å². The standard InChI is InChI=1S/C55H90O33/c1-20-15-53(2)11-6-28-54(3,29(53)14-23(20)79-46(76)44(86-50-40(74)36(70)32(66)26(18-60)82-50)42(21(62)7-12-56)84-48-38(72)34(68)30(64)24(16-58)80-48)9-5-10-55(28,4)52(78)88-47(77)45(87-51-41(75)37(71)33(67)27(19-61)83-51)43(22(63)8-13-57)85-49-39(73)35(69)31(65)25(17-59)81-49/h21-41,46-51,56-77H,1,5-19H2,2-4H3/b44-42+,45-43-/t21?,22?,23?,24?,25?,26?,27?,28?,29-,30?,31?,32?,33?,34?,35?,36?,37?,38?,39?,40?,41?,46?,47?,48?,49?,50?,51?,53-,54-,55-/m1/s1. The van der Waals surface area contributed by atoms with Crippen molar-refractivity contribution in [3.63, 3.8) is 0 Å². The Morgan fingerprint density at radius 3 is 1.23 bits per heavy atom. The zero-order chi connectivity index (χ0) is 65.2. The van der Waals surface area contributed by atoms with E-state index >= 15 is 4.79 Å². The number of hydrogen-bond acceptors (Lipinski definition) is 33. The van der Waals surface area contributed by atoms with E-state index in [2.05, 4.69) is 6.58 Å². The van der Waals surface area contributed by atoms with Crippen molar-refractivity contribution in [2.75, 3.05) is 39.6 Å². The molecule has 0 aromatic carbocycles. The molecule has 0 radical (unpaired) electrons. The van der Waals surface area contributed by atoms with Gasteiger partial charge in [0, 0.05) is 26.1 Å². The van der Waals surface area contributed by atoms with E-state index in [9.17, 15) is 112 Å². The van der Waals surface area contributed by atoms with Gasteiger partial charge < -0.3 is 160 Å². The molecule has 0 amide bonds. The first-order valence-electron chi connectivity index (χ1n) is 29.3. The molecule has 3 aliphatic carbocycles. The van der Waals surface area contributed by atoms with Gasteiger partial charge in [-0.05, 0) is 73.7 Å². The van der Waals surface area contributed by atoms with E-state index in [0.29, 0.717) is 31.3 Å². The molecule has 508 valence electrons. The highest BCUT2D eigenvalue weighted by atomic mass is 16.8. The summed E-state index contributed by atoms with van der Waals surface area (Å²) in [6, 6.07) is 0. The summed E-state index contributed by atoms with van der Waals surface area (Å²) in [5, 5.41) is 236. The van der Waals surface area contributed by atoms with E-state index in [-0.39, 0.29) is 19.3 Å². The van der Waals surface area contributed by atoms with Crippen molar-refractivity contribution in [3.8, 4) is 0 Å². The van der Waals surface area contributed by atoms with Gasteiger partial charge in [0.15, 0.2) is 17.3 Å². The smallest absolute Gasteiger partial charge is 0.314 e. The third-order valence-corrected chi connectivity index (χ3v) is 18.8. The average molecular weight is 1280 g/mol. The van der Waals surface area contributed by atoms with Crippen LogP contribution < -0.4 is 0 Å². The van der Waals surface area contributed by atoms with Gasteiger partial charge in [0.1, 0.15) is 110 Å². The first-order chi connectivity index (χ1) is 41.4. The van der Waals surface area contributed by atoms with Gasteiger partial charge in [-0.15, -0.1) is 0 Å². The van der Waals surface area contributed by atoms with Crippen molar-refractivity contribution in [1.82, 2.24) is 0 Å². The monoisotopic (exact) mass is 1280 g/mol. The zero-order valence-corrected chi connectivity index (χ0v) is 48.7. The van der Waals surface area contributed by atoms with E-state index in [4.69, 9.17) is 47.4 Å². The molecule has 0 bridgehead atoms. The Morgan fingerprint density at radius 1 is 0.500 bits per heavy atom. The van der Waals surface area contributed by atoms with E-state index in [0.717, 1.165) is 0 Å². The summed E-state index contributed by atoms with van der Waals surface area (Å²) in [7, 11) is 0. The van der Waals surface area contributed by atoms with Gasteiger partial charge in [-0.3, -0.25) is 4.79 Å². The fourth-order valence-corrected chi connectivity index (χ4v) is 13.8. The van der Waals surface area contributed by atoms with Crippen molar-refractivity contribution < 1.29 is 165 Å². The molecule has 7 aliphatic rings. The molecule has 7 fully saturated rings. The molecule has 26 unspecified atom stereocenters. The van der Waals surface area contributed by atoms with Gasteiger partial charge in [-0.1, -0.05) is 26.8 Å². The molecule has 0 aromatic rings. The van der Waals surface area contributed by atoms with Gasteiger partial charge in [-0.2, -0.15) is 0 Å². The second kappa shape index (κ2) is 29.8. The molecule has 4 aliphatic heterocycles. The van der Waals surface area contributed by atoms with Crippen LogP contribution in [0.4, 0.5) is 0 Å². The average Bonchev–Trinajstić information content (AvgIpc) is 0.741. The first kappa shape index (κ1) is 72.2. The Hall–Kier alpha value is -3.19. The minimum Gasteiger partial charge on any atom is -0.460 e. The van der Waals surface area contributed by atoms with Gasteiger partial charge in [0.05, 0.1) is 37.9 Å². The SMILES string of the molecule is C=C1C[C@@]2(C)CCC3[C@](C)(C(=O)OC(O)/C(OC4OC(CO)C(O)C(O)C4O)=C(/OC4OC(CO)C(O)C(O)C4O)C(O)CCO)CCC[C@@]3(C)[C@@H]2CC1OC(O)/C(OC1OC(CO)C(O)C(O)C1O)=C(\OC1OC(CO)C(O)C(O)C1O)C(O)CCO. The number of hydrogen-bond donors (Lipinski definition) is 22. The molecule has 33 nitrogen and oxygen atoms in total. The summed E-state index contributed by atoms with van der Waals surface area (Å²) in [5.74, 6) is -6.20. The van der Waals surface area contributed by atoms with Crippen LogP contribution in [-0.2, 0) is 52.2 Å². The molecule has 88 heavy (non-hydrogen) atoms. The van der Waals surface area contributed by atoms with Crippen molar-refractivity contribution >= 4 is 5.97 Å². The maximum absolute atomic E-state index is 15.1. The molecule has 4 heterocycles. The van der Waals surface area contributed by atoms with Crippen molar-refractivity contribution in [2.24, 2.45) is 28.1 Å². The minimum atomic E-state index is -2.71. The summed E-state index contributed by atoms with van der Waals surface area (Å²) >= 11 is 0. The van der Waals surface area contributed by atoms with Crippen LogP contribution in [0.5, 0.6) is 0 Å². The van der Waals surface area contributed by atoms with Crippen LogP contribution in [0.2, 0.25) is 0 Å². The molecular weight excluding hydrogens is 1190 g/mol. The van der Waals surface area contributed by atoms with Crippen molar-refractivity contribution in [1.29, 1.82) is 0 Å². The van der Waals surface area contributed by atoms with E-state index in [1.165, 1.54) is 0 Å². The number of aliphatic hydroxyl groups excluding tert-OH is 22. The highest BCUT2D eigenvalue weighted by Gasteiger charge is 2.64. The third-order valence-electron chi connectivity index (χ3n) is 18.8. The van der Waals surface area contributed by atoms with E-state index < -0.39 is 263 Å². The normalized spacial score (nSPS) is 45.1. The highest BCUT2D eigenvalue weighted by Crippen LogP contribution is 2.68. The Kier molecular flexibility index (Phi) is 24.5. The summed E-state index contributed by atoms with van der Waals surface area (Å²) in [6.07, 6.45) is -49.3. The van der Waals surface area contributed by atoms with Crippen LogP contribution >= 0.6 is 0 Å². The second-order valence-corrected chi connectivity index (χ2v) is 24.7. The zero-order valence-electron chi connectivity index (χ0n) is 48.7. The van der Waals surface area contributed by atoms with Crippen LogP contribution in [0.1, 0.15) is 78.6 Å². The number of carbonyl (C=O) groups excluding carboxylic acids is 1. The van der Waals surface area contributed by atoms with Crippen LogP contribution in [-0.4, -0.2) is 312 Å². The number of rotatable bonds is 24. The predicted molar refractivity (Wildman–Crippen MR) is 285 cm³/mol. The second-order valence-electron chi connectivity index (χ2n) is 24.7. The third kappa shape index (κ3) is 14.5. The molecule has 4 saturated heterocycles. The number of carbonyl (C=O) groups is 1. The molecule has 3 saturated carbocycles. The van der Waals surface area contributed by atoms with E-state index in [1.54, 1.807) is 6.92 Å². The van der Waals surface area contributed by atoms with Crippen LogP contribution in [0.25, 0.3) is 0 Å². The summed E-state index contributed by atoms with van der Waals surface area (Å²) in [5.41, 5.74) is -2.62. The fraction of sp³-hybridized carbons (Fsp3) is 0.873. The van der Waals surface area contributed by atoms with Crippen LogP contribution in [0.15, 0.2) is 35.2 Å². The lowest BCUT2D eigenvalue weighted by molar-refractivity contribution is -0.308. The Labute approximate surface area is 504 Å². The van der Waals surface area contributed by atoms with Gasteiger partial charge in [0.25, 0.3) is 6.29 Å². The summed E-state index contributed by atoms with van der Waals surface area (Å²) < 4.78 is 57.7. The quantitative estimate of drug-likeness (QED) is 0.0185. The Bertz CT molecular complexity index is 2360. The maximum Gasteiger partial charge on any atom is 0.314 e. The fourth-order valence-electron chi connectivity index (χ4n) is 13.8. The van der Waals surface area contributed by atoms with Crippen LogP contribution in [0.3, 0.4) is 0 Å². The summed E-state index contributed by atoms with van der Waals surface area (Å²) in [6.45, 7) is 4.41. The van der Waals surface area contributed by atoms with Gasteiger partial charge in [0.2, 0.25) is 37.2 Å². The van der Waals surface area contributed by atoms with Gasteiger partial charge >= 0.3 is 5.97 Å². The topological polar surface area (TPSA) is 554 Å². The molecule has 22 N–H and O–H groups in total. The molecule has 33 heteroatoms. The highest BCUT2D eigenvalue weighted by molar-refractivity contribution is 5.77. The maximum atomic E-state index is 15.1. The van der Waals surface area contributed by atoms with Crippen LogP contribution in [0, 0.1) is 28.1 Å². The molecule has 0 spiro atoms. The Morgan fingerprint density at radius 2 is 0.864 bits per heavy atom. The number of aliphatic hydroxyl groups is 22. The number of ether oxygens (including phenoxy) is 10.